The van der Waals surface area contributed by atoms with E-state index in [4.69, 9.17) is 4.74 Å². The third-order valence-corrected chi connectivity index (χ3v) is 4.43. The molecule has 23 heavy (non-hydrogen) atoms. The van der Waals surface area contributed by atoms with E-state index in [1.807, 2.05) is 31.3 Å². The summed E-state index contributed by atoms with van der Waals surface area (Å²) < 4.78 is 8.95. The molecule has 0 saturated heterocycles. The fraction of sp³-hybridized carbons (Fsp3) is 0.211. The van der Waals surface area contributed by atoms with Crippen LogP contribution in [-0.4, -0.2) is 17.5 Å². The molecule has 118 valence electrons. The number of hydrogen-bond acceptors (Lipinski definition) is 2. The number of carbonyl (C=O) groups is 1. The van der Waals surface area contributed by atoms with Crippen molar-refractivity contribution in [2.24, 2.45) is 0 Å². The Morgan fingerprint density at radius 3 is 2.78 bits per heavy atom. The molecule has 3 rings (SSSR count). The quantitative estimate of drug-likeness (QED) is 0.596. The maximum Gasteiger partial charge on any atom is 0.152 e. The zero-order valence-electron chi connectivity index (χ0n) is 13.2. The zero-order valence-corrected chi connectivity index (χ0v) is 14.8. The largest absolute Gasteiger partial charge is 0.491 e. The number of aryl methyl sites for hydroxylation is 2. The average Bonchev–Trinajstić information content (AvgIpc) is 2.88. The molecule has 3 aromatic rings. The van der Waals surface area contributed by atoms with Crippen molar-refractivity contribution in [3.8, 4) is 5.75 Å². The number of halogens is 1. The van der Waals surface area contributed by atoms with Gasteiger partial charge in [0.05, 0.1) is 6.54 Å². The number of ether oxygens (including phenoxy) is 1. The maximum absolute atomic E-state index is 11.3. The Kier molecular flexibility index (Phi) is 4.53. The van der Waals surface area contributed by atoms with Crippen molar-refractivity contribution >= 4 is 33.1 Å². The smallest absolute Gasteiger partial charge is 0.152 e. The molecule has 4 heteroatoms. The van der Waals surface area contributed by atoms with Gasteiger partial charge in [0.2, 0.25) is 0 Å². The minimum absolute atomic E-state index is 0.558. The van der Waals surface area contributed by atoms with Gasteiger partial charge >= 0.3 is 0 Å². The molecule has 0 N–H and O–H groups in total. The van der Waals surface area contributed by atoms with Crippen LogP contribution in [0.5, 0.6) is 5.75 Å². The molecule has 0 aliphatic rings. The lowest BCUT2D eigenvalue weighted by Gasteiger charge is -2.11. The number of hydrogen-bond donors (Lipinski definition) is 0. The Morgan fingerprint density at radius 1 is 1.17 bits per heavy atom. The first-order valence-corrected chi connectivity index (χ1v) is 8.31. The number of rotatable bonds is 5. The second-order valence-electron chi connectivity index (χ2n) is 5.67. The second kappa shape index (κ2) is 6.59. The summed E-state index contributed by atoms with van der Waals surface area (Å²) >= 11 is 3.45. The van der Waals surface area contributed by atoms with Crippen LogP contribution < -0.4 is 4.74 Å². The van der Waals surface area contributed by atoms with Gasteiger partial charge in [0.1, 0.15) is 12.4 Å². The molecule has 0 radical (unpaired) electrons. The van der Waals surface area contributed by atoms with Gasteiger partial charge in [-0.05, 0) is 49.2 Å². The van der Waals surface area contributed by atoms with Gasteiger partial charge in [0, 0.05) is 27.1 Å². The van der Waals surface area contributed by atoms with E-state index in [9.17, 15) is 4.79 Å². The molecular formula is C19H18BrNO2. The highest BCUT2D eigenvalue weighted by Crippen LogP contribution is 2.25. The highest BCUT2D eigenvalue weighted by Gasteiger charge is 2.09. The Morgan fingerprint density at radius 2 is 2.00 bits per heavy atom. The third-order valence-electron chi connectivity index (χ3n) is 3.93. The highest BCUT2D eigenvalue weighted by atomic mass is 79.9. The van der Waals surface area contributed by atoms with E-state index in [0.29, 0.717) is 18.7 Å². The summed E-state index contributed by atoms with van der Waals surface area (Å²) in [5.74, 6) is 0.916. The van der Waals surface area contributed by atoms with Crippen LogP contribution in [0, 0.1) is 13.8 Å². The van der Waals surface area contributed by atoms with Gasteiger partial charge in [-0.3, -0.25) is 4.79 Å². The first-order valence-electron chi connectivity index (χ1n) is 7.52. The fourth-order valence-corrected chi connectivity index (χ4v) is 3.05. The van der Waals surface area contributed by atoms with Crippen molar-refractivity contribution in [3.63, 3.8) is 0 Å². The van der Waals surface area contributed by atoms with Gasteiger partial charge in [-0.1, -0.05) is 28.1 Å². The molecule has 3 nitrogen and oxygen atoms in total. The van der Waals surface area contributed by atoms with E-state index >= 15 is 0 Å². The number of aldehydes is 1. The fourth-order valence-electron chi connectivity index (χ4n) is 2.69. The van der Waals surface area contributed by atoms with Crippen LogP contribution in [0.4, 0.5) is 0 Å². The van der Waals surface area contributed by atoms with Crippen molar-refractivity contribution in [3.05, 3.63) is 63.8 Å². The van der Waals surface area contributed by atoms with Crippen molar-refractivity contribution in [1.29, 1.82) is 0 Å². The zero-order chi connectivity index (χ0) is 16.4. The molecule has 0 aliphatic carbocycles. The van der Waals surface area contributed by atoms with Gasteiger partial charge in [0.15, 0.2) is 6.29 Å². The first-order chi connectivity index (χ1) is 11.1. The van der Waals surface area contributed by atoms with E-state index in [0.717, 1.165) is 33.0 Å². The van der Waals surface area contributed by atoms with Crippen LogP contribution in [0.15, 0.2) is 47.1 Å². The van der Waals surface area contributed by atoms with Gasteiger partial charge in [-0.2, -0.15) is 0 Å². The second-order valence-corrected chi connectivity index (χ2v) is 6.59. The van der Waals surface area contributed by atoms with Crippen LogP contribution in [0.2, 0.25) is 0 Å². The molecule has 0 atom stereocenters. The van der Waals surface area contributed by atoms with Crippen LogP contribution in [0.1, 0.15) is 21.5 Å². The summed E-state index contributed by atoms with van der Waals surface area (Å²) in [6, 6.07) is 12.2. The molecular weight excluding hydrogens is 354 g/mol. The molecule has 0 spiro atoms. The third kappa shape index (κ3) is 3.32. The van der Waals surface area contributed by atoms with Crippen molar-refractivity contribution in [1.82, 2.24) is 4.57 Å². The monoisotopic (exact) mass is 371 g/mol. The summed E-state index contributed by atoms with van der Waals surface area (Å²) in [7, 11) is 0. The standard InChI is InChI=1S/C19H18BrNO2/c1-13-3-4-14(2)19(9-13)23-8-7-21-11-15(12-22)17-10-16(20)5-6-18(17)21/h3-6,9-12H,7-8H2,1-2H3. The molecule has 0 saturated carbocycles. The number of fused-ring (bicyclic) bond motifs is 1. The Labute approximate surface area is 144 Å². The predicted octanol–water partition coefficient (Wildman–Crippen LogP) is 4.91. The van der Waals surface area contributed by atoms with Crippen LogP contribution in [-0.2, 0) is 6.54 Å². The van der Waals surface area contributed by atoms with Crippen LogP contribution in [0.3, 0.4) is 0 Å². The molecule has 0 aliphatic heterocycles. The molecule has 1 aromatic heterocycles. The van der Waals surface area contributed by atoms with Crippen molar-refractivity contribution < 1.29 is 9.53 Å². The first kappa shape index (κ1) is 15.8. The molecule has 0 unspecified atom stereocenters. The van der Waals surface area contributed by atoms with E-state index in [2.05, 4.69) is 45.6 Å². The predicted molar refractivity (Wildman–Crippen MR) is 96.4 cm³/mol. The average molecular weight is 372 g/mol. The molecule has 1 heterocycles. The topological polar surface area (TPSA) is 31.2 Å². The van der Waals surface area contributed by atoms with E-state index in [1.54, 1.807) is 0 Å². The molecule has 0 fully saturated rings. The number of carbonyl (C=O) groups excluding carboxylic acids is 1. The minimum Gasteiger partial charge on any atom is -0.491 e. The van der Waals surface area contributed by atoms with Gasteiger partial charge in [-0.15, -0.1) is 0 Å². The van der Waals surface area contributed by atoms with E-state index in [1.165, 1.54) is 5.56 Å². The van der Waals surface area contributed by atoms with E-state index in [-0.39, 0.29) is 0 Å². The van der Waals surface area contributed by atoms with Gasteiger partial charge in [-0.25, -0.2) is 0 Å². The maximum atomic E-state index is 11.3. The summed E-state index contributed by atoms with van der Waals surface area (Å²) in [5.41, 5.74) is 4.06. The van der Waals surface area contributed by atoms with E-state index < -0.39 is 0 Å². The Bertz CT molecular complexity index is 867. The lowest BCUT2D eigenvalue weighted by Crippen LogP contribution is -2.08. The number of benzene rings is 2. The lowest BCUT2D eigenvalue weighted by molar-refractivity contribution is 0.112. The SMILES string of the molecule is Cc1ccc(C)c(OCCn2cc(C=O)c3cc(Br)ccc32)c1. The number of aromatic nitrogens is 1. The molecule has 0 bridgehead atoms. The normalized spacial score (nSPS) is 10.9. The number of nitrogens with zero attached hydrogens (tertiary/aromatic N) is 1. The summed E-state index contributed by atoms with van der Waals surface area (Å²) in [6.45, 7) is 5.35. The minimum atomic E-state index is 0.558. The summed E-state index contributed by atoms with van der Waals surface area (Å²) in [6.07, 6.45) is 2.79. The molecule has 0 amide bonds. The van der Waals surface area contributed by atoms with Crippen molar-refractivity contribution in [2.45, 2.75) is 20.4 Å². The molecule has 2 aromatic carbocycles. The lowest BCUT2D eigenvalue weighted by atomic mass is 10.1. The van der Waals surface area contributed by atoms with Gasteiger partial charge < -0.3 is 9.30 Å². The Balaban J connectivity index is 1.79. The Hall–Kier alpha value is -2.07. The summed E-state index contributed by atoms with van der Waals surface area (Å²) in [4.78, 5) is 11.3. The van der Waals surface area contributed by atoms with Crippen LogP contribution in [0.25, 0.3) is 10.9 Å². The highest BCUT2D eigenvalue weighted by molar-refractivity contribution is 9.10. The summed E-state index contributed by atoms with van der Waals surface area (Å²) in [5, 5.41) is 0.959. The van der Waals surface area contributed by atoms with Crippen LogP contribution >= 0.6 is 15.9 Å². The van der Waals surface area contributed by atoms with Crippen molar-refractivity contribution in [2.75, 3.05) is 6.61 Å². The van der Waals surface area contributed by atoms with Gasteiger partial charge in [0.25, 0.3) is 0 Å².